The molecular weight excluding hydrogens is 274 g/mol. The number of methoxy groups -OCH3 is 2. The van der Waals surface area contributed by atoms with Crippen LogP contribution in [0.4, 0.5) is 0 Å². The van der Waals surface area contributed by atoms with Gasteiger partial charge in [0.2, 0.25) is 5.91 Å². The second kappa shape index (κ2) is 6.47. The molecule has 0 radical (unpaired) electrons. The van der Waals surface area contributed by atoms with Crippen LogP contribution in [0.2, 0.25) is 0 Å². The van der Waals surface area contributed by atoms with Gasteiger partial charge in [0, 0.05) is 18.7 Å². The number of aliphatic carboxylic acids is 1. The standard InChI is InChI=1S/C15H19NO5/c1-20-12-4-3-5-13(21-2)11(12)8-14(17)16-7-6-10(9-16)15(18)19/h3-5,10H,6-9H2,1-2H3,(H,18,19)/t10-/m1/s1. The van der Waals surface area contributed by atoms with Crippen molar-refractivity contribution in [1.29, 1.82) is 0 Å². The predicted octanol–water partition coefficient (Wildman–Crippen LogP) is 1.18. The van der Waals surface area contributed by atoms with E-state index in [0.717, 1.165) is 0 Å². The molecule has 114 valence electrons. The van der Waals surface area contributed by atoms with E-state index in [1.165, 1.54) is 0 Å². The average Bonchev–Trinajstić information content (AvgIpc) is 2.97. The largest absolute Gasteiger partial charge is 0.496 e. The van der Waals surface area contributed by atoms with E-state index >= 15 is 0 Å². The average molecular weight is 293 g/mol. The number of nitrogens with zero attached hydrogens (tertiary/aromatic N) is 1. The van der Waals surface area contributed by atoms with Crippen molar-refractivity contribution >= 4 is 11.9 Å². The molecule has 6 heteroatoms. The summed E-state index contributed by atoms with van der Waals surface area (Å²) in [6.45, 7) is 0.749. The van der Waals surface area contributed by atoms with E-state index in [1.54, 1.807) is 37.3 Å². The molecular formula is C15H19NO5. The monoisotopic (exact) mass is 293 g/mol. The van der Waals surface area contributed by atoms with Gasteiger partial charge < -0.3 is 19.5 Å². The van der Waals surface area contributed by atoms with Crippen molar-refractivity contribution in [2.75, 3.05) is 27.3 Å². The molecule has 1 heterocycles. The summed E-state index contributed by atoms with van der Waals surface area (Å²) in [5.74, 6) is -0.233. The molecule has 6 nitrogen and oxygen atoms in total. The van der Waals surface area contributed by atoms with Gasteiger partial charge in [-0.3, -0.25) is 9.59 Å². The number of ether oxygens (including phenoxy) is 2. The summed E-state index contributed by atoms with van der Waals surface area (Å²) in [4.78, 5) is 24.9. The molecule has 0 aromatic heterocycles. The number of likely N-dealkylation sites (tertiary alicyclic amines) is 1. The lowest BCUT2D eigenvalue weighted by molar-refractivity contribution is -0.141. The highest BCUT2D eigenvalue weighted by molar-refractivity contribution is 5.82. The van der Waals surface area contributed by atoms with E-state index < -0.39 is 11.9 Å². The predicted molar refractivity (Wildman–Crippen MR) is 75.6 cm³/mol. The maximum Gasteiger partial charge on any atom is 0.308 e. The van der Waals surface area contributed by atoms with Crippen LogP contribution in [0.15, 0.2) is 18.2 Å². The van der Waals surface area contributed by atoms with Crippen molar-refractivity contribution in [1.82, 2.24) is 4.90 Å². The van der Waals surface area contributed by atoms with Gasteiger partial charge in [0.1, 0.15) is 11.5 Å². The summed E-state index contributed by atoms with van der Waals surface area (Å²) < 4.78 is 10.5. The van der Waals surface area contributed by atoms with Crippen LogP contribution in [-0.4, -0.2) is 49.2 Å². The third kappa shape index (κ3) is 3.26. The van der Waals surface area contributed by atoms with Gasteiger partial charge in [-0.25, -0.2) is 0 Å². The number of carbonyl (C=O) groups is 2. The number of carboxylic acids is 1. The SMILES string of the molecule is COc1cccc(OC)c1CC(=O)N1CC[C@@H](C(=O)O)C1. The van der Waals surface area contributed by atoms with Gasteiger partial charge in [0.15, 0.2) is 0 Å². The zero-order chi connectivity index (χ0) is 15.4. The van der Waals surface area contributed by atoms with E-state index in [0.29, 0.717) is 30.0 Å². The van der Waals surface area contributed by atoms with Crippen LogP contribution in [0.1, 0.15) is 12.0 Å². The molecule has 1 N–H and O–H groups in total. The Morgan fingerprint density at radius 2 is 1.90 bits per heavy atom. The van der Waals surface area contributed by atoms with Gasteiger partial charge in [-0.15, -0.1) is 0 Å². The first-order chi connectivity index (χ1) is 10.1. The summed E-state index contributed by atoms with van der Waals surface area (Å²) in [7, 11) is 3.08. The van der Waals surface area contributed by atoms with Gasteiger partial charge in [0.25, 0.3) is 0 Å². The molecule has 21 heavy (non-hydrogen) atoms. The number of rotatable bonds is 5. The Morgan fingerprint density at radius 1 is 1.29 bits per heavy atom. The molecule has 0 spiro atoms. The minimum absolute atomic E-state index is 0.110. The number of carbonyl (C=O) groups excluding carboxylic acids is 1. The maximum absolute atomic E-state index is 12.3. The molecule has 1 aromatic carbocycles. The lowest BCUT2D eigenvalue weighted by Gasteiger charge is -2.18. The van der Waals surface area contributed by atoms with E-state index in [4.69, 9.17) is 14.6 Å². The number of benzene rings is 1. The normalized spacial score (nSPS) is 17.6. The Hall–Kier alpha value is -2.24. The molecule has 1 amide bonds. The highest BCUT2D eigenvalue weighted by Gasteiger charge is 2.31. The summed E-state index contributed by atoms with van der Waals surface area (Å²) in [5, 5.41) is 8.99. The van der Waals surface area contributed by atoms with Gasteiger partial charge in [-0.05, 0) is 18.6 Å². The molecule has 2 rings (SSSR count). The second-order valence-electron chi connectivity index (χ2n) is 4.98. The van der Waals surface area contributed by atoms with Crippen molar-refractivity contribution in [2.24, 2.45) is 5.92 Å². The molecule has 0 unspecified atom stereocenters. The number of amides is 1. The fraction of sp³-hybridized carbons (Fsp3) is 0.467. The summed E-state index contributed by atoms with van der Waals surface area (Å²) >= 11 is 0. The third-order valence-corrected chi connectivity index (χ3v) is 3.75. The van der Waals surface area contributed by atoms with Crippen LogP contribution in [0.3, 0.4) is 0 Å². The van der Waals surface area contributed by atoms with E-state index in [9.17, 15) is 9.59 Å². The number of carboxylic acid groups (broad SMARTS) is 1. The van der Waals surface area contributed by atoms with Crippen LogP contribution in [0.5, 0.6) is 11.5 Å². The third-order valence-electron chi connectivity index (χ3n) is 3.75. The minimum atomic E-state index is -0.847. The Kier molecular flexibility index (Phi) is 4.67. The number of hydrogen-bond donors (Lipinski definition) is 1. The smallest absolute Gasteiger partial charge is 0.308 e. The highest BCUT2D eigenvalue weighted by atomic mass is 16.5. The molecule has 0 saturated carbocycles. The highest BCUT2D eigenvalue weighted by Crippen LogP contribution is 2.29. The van der Waals surface area contributed by atoms with Crippen molar-refractivity contribution in [3.05, 3.63) is 23.8 Å². The van der Waals surface area contributed by atoms with Crippen LogP contribution >= 0.6 is 0 Å². The lowest BCUT2D eigenvalue weighted by Crippen LogP contribution is -2.31. The molecule has 1 aliphatic heterocycles. The number of hydrogen-bond acceptors (Lipinski definition) is 4. The minimum Gasteiger partial charge on any atom is -0.496 e. The topological polar surface area (TPSA) is 76.1 Å². The Morgan fingerprint density at radius 3 is 2.38 bits per heavy atom. The molecule has 1 atom stereocenters. The van der Waals surface area contributed by atoms with E-state index in [-0.39, 0.29) is 18.9 Å². The van der Waals surface area contributed by atoms with Crippen molar-refractivity contribution in [3.63, 3.8) is 0 Å². The van der Waals surface area contributed by atoms with Crippen LogP contribution in [0.25, 0.3) is 0 Å². The fourth-order valence-corrected chi connectivity index (χ4v) is 2.55. The van der Waals surface area contributed by atoms with Crippen LogP contribution in [0, 0.1) is 5.92 Å². The molecule has 0 aliphatic carbocycles. The molecule has 0 bridgehead atoms. The van der Waals surface area contributed by atoms with Gasteiger partial charge >= 0.3 is 5.97 Å². The lowest BCUT2D eigenvalue weighted by atomic mass is 10.1. The molecule has 1 aliphatic rings. The summed E-state index contributed by atoms with van der Waals surface area (Å²) in [6, 6.07) is 5.34. The zero-order valence-electron chi connectivity index (χ0n) is 12.2. The first-order valence-corrected chi connectivity index (χ1v) is 6.77. The Bertz CT molecular complexity index is 521. The summed E-state index contributed by atoms with van der Waals surface area (Å²) in [6.07, 6.45) is 0.643. The molecule has 1 aromatic rings. The maximum atomic E-state index is 12.3. The van der Waals surface area contributed by atoms with Gasteiger partial charge in [-0.1, -0.05) is 6.07 Å². The van der Waals surface area contributed by atoms with Gasteiger partial charge in [0.05, 0.1) is 26.6 Å². The van der Waals surface area contributed by atoms with E-state index in [1.807, 2.05) is 0 Å². The first-order valence-electron chi connectivity index (χ1n) is 6.77. The van der Waals surface area contributed by atoms with Crippen molar-refractivity contribution < 1.29 is 24.2 Å². The van der Waals surface area contributed by atoms with Gasteiger partial charge in [-0.2, -0.15) is 0 Å². The van der Waals surface area contributed by atoms with Crippen LogP contribution < -0.4 is 9.47 Å². The quantitative estimate of drug-likeness (QED) is 0.882. The molecule has 1 fully saturated rings. The Balaban J connectivity index is 2.12. The first kappa shape index (κ1) is 15.2. The van der Waals surface area contributed by atoms with Crippen LogP contribution in [-0.2, 0) is 16.0 Å². The fourth-order valence-electron chi connectivity index (χ4n) is 2.55. The van der Waals surface area contributed by atoms with Crippen molar-refractivity contribution in [3.8, 4) is 11.5 Å². The Labute approximate surface area is 123 Å². The second-order valence-corrected chi connectivity index (χ2v) is 4.98. The molecule has 1 saturated heterocycles. The van der Waals surface area contributed by atoms with E-state index in [2.05, 4.69) is 0 Å². The zero-order valence-corrected chi connectivity index (χ0v) is 12.2. The van der Waals surface area contributed by atoms with Crippen molar-refractivity contribution in [2.45, 2.75) is 12.8 Å². The summed E-state index contributed by atoms with van der Waals surface area (Å²) in [5.41, 5.74) is 0.686.